The van der Waals surface area contributed by atoms with E-state index in [4.69, 9.17) is 5.11 Å². The minimum atomic E-state index is -0.790. The second-order valence-corrected chi connectivity index (χ2v) is 4.82. The first kappa shape index (κ1) is 11.6. The first-order chi connectivity index (χ1) is 6.69. The lowest BCUT2D eigenvalue weighted by Gasteiger charge is -2.34. The Morgan fingerprint density at radius 1 is 1.86 bits per heavy atom. The number of hydrogen-bond acceptors (Lipinski definition) is 3. The second-order valence-electron chi connectivity index (χ2n) is 3.41. The Balaban J connectivity index is 2.57. The van der Waals surface area contributed by atoms with Crippen LogP contribution in [0.1, 0.15) is 13.3 Å². The maximum Gasteiger partial charge on any atom is 0.324 e. The fraction of sp³-hybridized carbons (Fsp3) is 0.700. The molecule has 1 aliphatic heterocycles. The lowest BCUT2D eigenvalue weighted by molar-refractivity contribution is -0.141. The zero-order valence-electron chi connectivity index (χ0n) is 8.48. The number of hydrogen-bond donors (Lipinski definition) is 1. The molecule has 0 amide bonds. The van der Waals surface area contributed by atoms with Gasteiger partial charge in [0.25, 0.3) is 0 Å². The van der Waals surface area contributed by atoms with Crippen LogP contribution in [0.4, 0.5) is 0 Å². The minimum absolute atomic E-state index is 0.509. The molecule has 1 heterocycles. The highest BCUT2D eigenvalue weighted by Gasteiger charge is 2.27. The molecule has 14 heavy (non-hydrogen) atoms. The summed E-state index contributed by atoms with van der Waals surface area (Å²) in [7, 11) is 0. The van der Waals surface area contributed by atoms with Gasteiger partial charge in [-0.15, -0.1) is 6.58 Å². The van der Waals surface area contributed by atoms with Crippen LogP contribution in [0.3, 0.4) is 0 Å². The largest absolute Gasteiger partial charge is 0.480 e. The van der Waals surface area contributed by atoms with Crippen molar-refractivity contribution in [3.05, 3.63) is 12.7 Å². The molecule has 2 atom stereocenters. The summed E-state index contributed by atoms with van der Waals surface area (Å²) in [5.74, 6) is 0.234. The van der Waals surface area contributed by atoms with E-state index in [-0.39, 0.29) is 0 Å². The van der Waals surface area contributed by atoms with Crippen molar-refractivity contribution in [2.45, 2.75) is 24.6 Å². The van der Waals surface area contributed by atoms with Crippen LogP contribution in [0.25, 0.3) is 0 Å². The maximum atomic E-state index is 10.9. The Bertz CT molecular complexity index is 220. The monoisotopic (exact) mass is 215 g/mol. The number of rotatable bonds is 4. The Morgan fingerprint density at radius 3 is 3.07 bits per heavy atom. The van der Waals surface area contributed by atoms with Gasteiger partial charge in [-0.05, 0) is 6.42 Å². The van der Waals surface area contributed by atoms with Gasteiger partial charge in [-0.2, -0.15) is 11.8 Å². The van der Waals surface area contributed by atoms with Crippen LogP contribution in [0.15, 0.2) is 12.7 Å². The topological polar surface area (TPSA) is 40.5 Å². The molecular formula is C10H17NO2S. The maximum absolute atomic E-state index is 10.9. The number of carboxylic acids is 1. The lowest BCUT2D eigenvalue weighted by Crippen LogP contribution is -2.47. The molecule has 0 aromatic rings. The molecule has 1 aliphatic rings. The van der Waals surface area contributed by atoms with Crippen LogP contribution in [0, 0.1) is 0 Å². The standard InChI is InChI=1S/C10H17NO2S/c1-3-8-7-11(5-6-14-8)9(4-2)10(12)13/h4,8-9H,2-3,5-7H2,1H3,(H,12,13). The quantitative estimate of drug-likeness (QED) is 0.721. The molecule has 0 aromatic heterocycles. The molecule has 80 valence electrons. The predicted molar refractivity (Wildman–Crippen MR) is 59.7 cm³/mol. The van der Waals surface area contributed by atoms with Crippen molar-refractivity contribution in [3.63, 3.8) is 0 Å². The van der Waals surface area contributed by atoms with Gasteiger partial charge >= 0.3 is 5.97 Å². The van der Waals surface area contributed by atoms with Crippen LogP contribution >= 0.6 is 11.8 Å². The zero-order valence-corrected chi connectivity index (χ0v) is 9.30. The lowest BCUT2D eigenvalue weighted by atomic mass is 10.2. The Labute approximate surface area is 89.2 Å². The van der Waals surface area contributed by atoms with E-state index >= 15 is 0 Å². The van der Waals surface area contributed by atoms with Crippen LogP contribution in [0.2, 0.25) is 0 Å². The highest BCUT2D eigenvalue weighted by molar-refractivity contribution is 8.00. The van der Waals surface area contributed by atoms with Crippen LogP contribution in [-0.4, -0.2) is 46.1 Å². The van der Waals surface area contributed by atoms with Crippen molar-refractivity contribution in [1.29, 1.82) is 0 Å². The van der Waals surface area contributed by atoms with Gasteiger partial charge in [0.05, 0.1) is 0 Å². The molecule has 3 nitrogen and oxygen atoms in total. The van der Waals surface area contributed by atoms with Crippen molar-refractivity contribution in [3.8, 4) is 0 Å². The molecule has 1 saturated heterocycles. The van der Waals surface area contributed by atoms with Crippen LogP contribution in [-0.2, 0) is 4.79 Å². The number of aliphatic carboxylic acids is 1. The smallest absolute Gasteiger partial charge is 0.324 e. The number of nitrogens with zero attached hydrogens (tertiary/aromatic N) is 1. The van der Waals surface area contributed by atoms with Crippen molar-refractivity contribution in [1.82, 2.24) is 4.90 Å². The molecule has 1 N–H and O–H groups in total. The van der Waals surface area contributed by atoms with E-state index in [9.17, 15) is 4.79 Å². The Morgan fingerprint density at radius 2 is 2.57 bits per heavy atom. The minimum Gasteiger partial charge on any atom is -0.480 e. The van der Waals surface area contributed by atoms with Crippen LogP contribution < -0.4 is 0 Å². The summed E-state index contributed by atoms with van der Waals surface area (Å²) in [4.78, 5) is 12.9. The van der Waals surface area contributed by atoms with E-state index in [1.807, 2.05) is 16.7 Å². The van der Waals surface area contributed by atoms with Crippen molar-refractivity contribution < 1.29 is 9.90 Å². The zero-order chi connectivity index (χ0) is 10.6. The summed E-state index contributed by atoms with van der Waals surface area (Å²) < 4.78 is 0. The molecule has 0 radical (unpaired) electrons. The first-order valence-corrected chi connectivity index (χ1v) is 5.95. The molecule has 0 aromatic carbocycles. The molecular weight excluding hydrogens is 198 g/mol. The van der Waals surface area contributed by atoms with E-state index < -0.39 is 12.0 Å². The number of carbonyl (C=O) groups is 1. The van der Waals surface area contributed by atoms with Gasteiger partial charge in [-0.25, -0.2) is 0 Å². The van der Waals surface area contributed by atoms with E-state index in [1.54, 1.807) is 0 Å². The Hall–Kier alpha value is -0.480. The van der Waals surface area contributed by atoms with E-state index in [2.05, 4.69) is 13.5 Å². The van der Waals surface area contributed by atoms with Gasteiger partial charge in [-0.1, -0.05) is 13.0 Å². The molecule has 1 fully saturated rings. The van der Waals surface area contributed by atoms with Crippen molar-refractivity contribution >= 4 is 17.7 Å². The predicted octanol–water partition coefficient (Wildman–Crippen LogP) is 1.45. The fourth-order valence-corrected chi connectivity index (χ4v) is 2.85. The van der Waals surface area contributed by atoms with Gasteiger partial charge in [-0.3, -0.25) is 9.69 Å². The van der Waals surface area contributed by atoms with Gasteiger partial charge < -0.3 is 5.11 Å². The molecule has 4 heteroatoms. The highest BCUT2D eigenvalue weighted by Crippen LogP contribution is 2.22. The van der Waals surface area contributed by atoms with Crippen molar-refractivity contribution in [2.75, 3.05) is 18.8 Å². The molecule has 0 aliphatic carbocycles. The second kappa shape index (κ2) is 5.41. The molecule has 1 rings (SSSR count). The number of carboxylic acid groups (broad SMARTS) is 1. The summed E-state index contributed by atoms with van der Waals surface area (Å²) in [5.41, 5.74) is 0. The average Bonchev–Trinajstić information content (AvgIpc) is 2.19. The third-order valence-corrected chi connectivity index (χ3v) is 3.87. The summed E-state index contributed by atoms with van der Waals surface area (Å²) in [5, 5.41) is 9.54. The van der Waals surface area contributed by atoms with E-state index in [1.165, 1.54) is 6.08 Å². The molecule has 2 unspecified atom stereocenters. The molecule has 0 bridgehead atoms. The first-order valence-electron chi connectivity index (χ1n) is 4.90. The number of thioether (sulfide) groups is 1. The summed E-state index contributed by atoms with van der Waals surface area (Å²) in [6.45, 7) is 7.44. The normalized spacial score (nSPS) is 25.6. The SMILES string of the molecule is C=CC(C(=O)O)N1CCSC(CC)C1. The van der Waals surface area contributed by atoms with Gasteiger partial charge in [0.2, 0.25) is 0 Å². The van der Waals surface area contributed by atoms with Gasteiger partial charge in [0, 0.05) is 24.1 Å². The van der Waals surface area contributed by atoms with Gasteiger partial charge in [0.15, 0.2) is 0 Å². The Kier molecular flexibility index (Phi) is 4.48. The summed E-state index contributed by atoms with van der Waals surface area (Å²) >= 11 is 1.94. The summed E-state index contributed by atoms with van der Waals surface area (Å²) in [6.07, 6.45) is 2.62. The van der Waals surface area contributed by atoms with Crippen molar-refractivity contribution in [2.24, 2.45) is 0 Å². The third-order valence-electron chi connectivity index (χ3n) is 2.50. The highest BCUT2D eigenvalue weighted by atomic mass is 32.2. The fourth-order valence-electron chi connectivity index (χ4n) is 1.65. The summed E-state index contributed by atoms with van der Waals surface area (Å²) in [6, 6.07) is -0.509. The average molecular weight is 215 g/mol. The van der Waals surface area contributed by atoms with Gasteiger partial charge in [0.1, 0.15) is 6.04 Å². The third kappa shape index (κ3) is 2.75. The molecule has 0 saturated carbocycles. The van der Waals surface area contributed by atoms with E-state index in [0.717, 1.165) is 25.3 Å². The molecule has 0 spiro atoms. The van der Waals surface area contributed by atoms with E-state index in [0.29, 0.717) is 5.25 Å². The van der Waals surface area contributed by atoms with Crippen LogP contribution in [0.5, 0.6) is 0 Å².